The Bertz CT molecular complexity index is 651. The molecule has 0 unspecified atom stereocenters. The molecule has 0 spiro atoms. The van der Waals surface area contributed by atoms with Crippen molar-refractivity contribution >= 4 is 12.0 Å². The molecule has 4 rings (SSSR count). The Balaban J connectivity index is 1.34. The molecule has 3 saturated heterocycles. The first-order chi connectivity index (χ1) is 12.7. The van der Waals surface area contributed by atoms with E-state index in [-0.39, 0.29) is 17.9 Å². The summed E-state index contributed by atoms with van der Waals surface area (Å²) in [6.45, 7) is 3.31. The maximum absolute atomic E-state index is 12.8. The summed E-state index contributed by atoms with van der Waals surface area (Å²) >= 11 is 0. The van der Waals surface area contributed by atoms with E-state index in [1.54, 1.807) is 4.90 Å². The Morgan fingerprint density at radius 2 is 2.04 bits per heavy atom. The van der Waals surface area contributed by atoms with Crippen LogP contribution in [-0.4, -0.2) is 60.6 Å². The second-order valence-electron chi connectivity index (χ2n) is 7.46. The number of hydrogen-bond donors (Lipinski definition) is 1. The first-order valence-corrected chi connectivity index (χ1v) is 9.74. The molecule has 140 valence electrons. The molecule has 0 aromatic heterocycles. The van der Waals surface area contributed by atoms with Gasteiger partial charge in [0.25, 0.3) is 0 Å². The van der Waals surface area contributed by atoms with Crippen molar-refractivity contribution in [3.05, 3.63) is 35.9 Å². The molecule has 3 aliphatic rings. The van der Waals surface area contributed by atoms with Gasteiger partial charge in [-0.3, -0.25) is 9.69 Å². The quantitative estimate of drug-likeness (QED) is 0.877. The predicted octanol–water partition coefficient (Wildman–Crippen LogP) is 2.17. The highest BCUT2D eigenvalue weighted by Crippen LogP contribution is 2.44. The average molecular weight is 357 g/mol. The molecule has 0 saturated carbocycles. The molecule has 6 nitrogen and oxygen atoms in total. The highest BCUT2D eigenvalue weighted by Gasteiger charge is 2.46. The van der Waals surface area contributed by atoms with Gasteiger partial charge in [0, 0.05) is 31.7 Å². The van der Waals surface area contributed by atoms with E-state index in [2.05, 4.69) is 34.5 Å². The van der Waals surface area contributed by atoms with Crippen molar-refractivity contribution in [2.45, 2.75) is 37.8 Å². The molecule has 3 aliphatic heterocycles. The highest BCUT2D eigenvalue weighted by atomic mass is 16.6. The average Bonchev–Trinajstić information content (AvgIpc) is 3.26. The summed E-state index contributed by atoms with van der Waals surface area (Å²) in [5, 5.41) is 3.06. The number of rotatable bonds is 5. The lowest BCUT2D eigenvalue weighted by Crippen LogP contribution is -2.44. The van der Waals surface area contributed by atoms with Gasteiger partial charge in [0.05, 0.1) is 12.5 Å². The van der Waals surface area contributed by atoms with E-state index in [4.69, 9.17) is 4.74 Å². The minimum Gasteiger partial charge on any atom is -0.449 e. The third-order valence-corrected chi connectivity index (χ3v) is 5.94. The first kappa shape index (κ1) is 17.3. The molecule has 2 amide bonds. The molecular weight excluding hydrogens is 330 g/mol. The third kappa shape index (κ3) is 3.43. The SMILES string of the molecule is O=C(NCCN1CCCOC1=O)[C@@H]1C[C@H](c2ccccc2)N2CCC[C@@H]12. The van der Waals surface area contributed by atoms with E-state index >= 15 is 0 Å². The summed E-state index contributed by atoms with van der Waals surface area (Å²) in [6.07, 6.45) is 3.74. The number of nitrogens with zero attached hydrogens (tertiary/aromatic N) is 2. The maximum atomic E-state index is 12.8. The zero-order chi connectivity index (χ0) is 17.9. The molecule has 0 bridgehead atoms. The molecule has 0 radical (unpaired) electrons. The van der Waals surface area contributed by atoms with Crippen LogP contribution in [0.4, 0.5) is 4.79 Å². The Morgan fingerprint density at radius 1 is 1.19 bits per heavy atom. The van der Waals surface area contributed by atoms with Gasteiger partial charge in [0.15, 0.2) is 0 Å². The summed E-state index contributed by atoms with van der Waals surface area (Å²) in [5.74, 6) is 0.168. The largest absolute Gasteiger partial charge is 0.449 e. The second-order valence-corrected chi connectivity index (χ2v) is 7.46. The lowest BCUT2D eigenvalue weighted by molar-refractivity contribution is -0.125. The van der Waals surface area contributed by atoms with Gasteiger partial charge in [0.1, 0.15) is 0 Å². The van der Waals surface area contributed by atoms with Crippen LogP contribution in [0.3, 0.4) is 0 Å². The van der Waals surface area contributed by atoms with Crippen molar-refractivity contribution < 1.29 is 14.3 Å². The van der Waals surface area contributed by atoms with Crippen LogP contribution in [0.2, 0.25) is 0 Å². The fourth-order valence-electron chi connectivity index (χ4n) is 4.70. The van der Waals surface area contributed by atoms with Gasteiger partial charge in [-0.1, -0.05) is 30.3 Å². The summed E-state index contributed by atoms with van der Waals surface area (Å²) in [4.78, 5) is 28.7. The van der Waals surface area contributed by atoms with Crippen molar-refractivity contribution in [3.8, 4) is 0 Å². The van der Waals surface area contributed by atoms with E-state index in [0.717, 1.165) is 32.2 Å². The molecule has 1 aromatic rings. The predicted molar refractivity (Wildman–Crippen MR) is 97.6 cm³/mol. The van der Waals surface area contributed by atoms with E-state index in [1.165, 1.54) is 5.56 Å². The Hall–Kier alpha value is -2.08. The molecular formula is C20H27N3O3. The van der Waals surface area contributed by atoms with Crippen LogP contribution in [0.15, 0.2) is 30.3 Å². The molecule has 26 heavy (non-hydrogen) atoms. The number of cyclic esters (lactones) is 1. The monoisotopic (exact) mass is 357 g/mol. The number of nitrogens with one attached hydrogen (secondary N) is 1. The number of benzene rings is 1. The first-order valence-electron chi connectivity index (χ1n) is 9.74. The Labute approximate surface area is 154 Å². The van der Waals surface area contributed by atoms with E-state index in [9.17, 15) is 9.59 Å². The number of ether oxygens (including phenoxy) is 1. The van der Waals surface area contributed by atoms with Gasteiger partial charge in [-0.2, -0.15) is 0 Å². The number of fused-ring (bicyclic) bond motifs is 1. The van der Waals surface area contributed by atoms with Gasteiger partial charge in [-0.15, -0.1) is 0 Å². The van der Waals surface area contributed by atoms with Gasteiger partial charge >= 0.3 is 6.09 Å². The summed E-state index contributed by atoms with van der Waals surface area (Å²) in [6, 6.07) is 11.2. The lowest BCUT2D eigenvalue weighted by Gasteiger charge is -2.26. The lowest BCUT2D eigenvalue weighted by atomic mass is 9.93. The van der Waals surface area contributed by atoms with E-state index < -0.39 is 0 Å². The zero-order valence-corrected chi connectivity index (χ0v) is 15.1. The Morgan fingerprint density at radius 3 is 2.85 bits per heavy atom. The van der Waals surface area contributed by atoms with Crippen LogP contribution in [0.25, 0.3) is 0 Å². The fourth-order valence-corrected chi connectivity index (χ4v) is 4.70. The summed E-state index contributed by atoms with van der Waals surface area (Å²) in [5.41, 5.74) is 1.31. The normalized spacial score (nSPS) is 28.7. The highest BCUT2D eigenvalue weighted by molar-refractivity contribution is 5.80. The molecule has 1 aromatic carbocycles. The molecule has 0 aliphatic carbocycles. The number of carbonyl (C=O) groups excluding carboxylic acids is 2. The molecule has 6 heteroatoms. The van der Waals surface area contributed by atoms with Crippen LogP contribution in [0.1, 0.15) is 37.3 Å². The topological polar surface area (TPSA) is 61.9 Å². The number of hydrogen-bond acceptors (Lipinski definition) is 4. The minimum atomic E-state index is -0.266. The Kier molecular flexibility index (Phi) is 5.11. The van der Waals surface area contributed by atoms with Crippen molar-refractivity contribution in [2.24, 2.45) is 5.92 Å². The third-order valence-electron chi connectivity index (χ3n) is 5.94. The van der Waals surface area contributed by atoms with Crippen LogP contribution < -0.4 is 5.32 Å². The van der Waals surface area contributed by atoms with Gasteiger partial charge in [-0.25, -0.2) is 4.79 Å². The van der Waals surface area contributed by atoms with Crippen molar-refractivity contribution in [3.63, 3.8) is 0 Å². The fraction of sp³-hybridized carbons (Fsp3) is 0.600. The maximum Gasteiger partial charge on any atom is 0.409 e. The standard InChI is InChI=1S/C20H27N3O3/c24-19(21-9-12-22-10-5-13-26-20(22)25)16-14-18(15-6-2-1-3-7-15)23-11-4-8-17(16)23/h1-3,6-7,16-18H,4-5,8-14H2,(H,21,24)/t16-,17+,18-/m1/s1. The van der Waals surface area contributed by atoms with E-state index in [0.29, 0.717) is 38.3 Å². The molecule has 3 fully saturated rings. The van der Waals surface area contributed by atoms with Crippen LogP contribution in [0, 0.1) is 5.92 Å². The van der Waals surface area contributed by atoms with Crippen LogP contribution in [0.5, 0.6) is 0 Å². The van der Waals surface area contributed by atoms with Crippen LogP contribution in [-0.2, 0) is 9.53 Å². The van der Waals surface area contributed by atoms with Crippen molar-refractivity contribution in [1.29, 1.82) is 0 Å². The molecule has 1 N–H and O–H groups in total. The zero-order valence-electron chi connectivity index (χ0n) is 15.1. The minimum absolute atomic E-state index is 0.0380. The van der Waals surface area contributed by atoms with Crippen LogP contribution >= 0.6 is 0 Å². The number of carbonyl (C=O) groups is 2. The van der Waals surface area contributed by atoms with Gasteiger partial charge < -0.3 is 15.0 Å². The van der Waals surface area contributed by atoms with Gasteiger partial charge in [-0.05, 0) is 37.8 Å². The second kappa shape index (κ2) is 7.66. The van der Waals surface area contributed by atoms with Crippen molar-refractivity contribution in [1.82, 2.24) is 15.1 Å². The summed E-state index contributed by atoms with van der Waals surface area (Å²) < 4.78 is 5.04. The van der Waals surface area contributed by atoms with E-state index in [1.807, 2.05) is 6.07 Å². The number of amides is 2. The summed E-state index contributed by atoms with van der Waals surface area (Å²) in [7, 11) is 0. The smallest absolute Gasteiger partial charge is 0.409 e. The van der Waals surface area contributed by atoms with Crippen molar-refractivity contribution in [2.75, 3.05) is 32.8 Å². The molecule has 3 atom stereocenters. The van der Waals surface area contributed by atoms with Gasteiger partial charge in [0.2, 0.25) is 5.91 Å². The molecule has 3 heterocycles.